The van der Waals surface area contributed by atoms with Crippen molar-refractivity contribution in [2.45, 2.75) is 13.5 Å². The minimum atomic E-state index is -0.346. The van der Waals surface area contributed by atoms with Gasteiger partial charge in [-0.3, -0.25) is 4.90 Å². The van der Waals surface area contributed by atoms with Gasteiger partial charge in [0.2, 0.25) is 5.95 Å². The van der Waals surface area contributed by atoms with Crippen molar-refractivity contribution in [1.82, 2.24) is 25.0 Å². The van der Waals surface area contributed by atoms with Crippen LogP contribution in [0, 0.1) is 6.92 Å². The summed E-state index contributed by atoms with van der Waals surface area (Å²) in [5.74, 6) is 2.19. The number of anilines is 6. The van der Waals surface area contributed by atoms with Crippen LogP contribution in [0.25, 0.3) is 0 Å². The first-order valence-electron chi connectivity index (χ1n) is 13.1. The number of hydrogen-bond donors (Lipinski definition) is 2. The molecular formula is C28H28ClN9O3. The number of nitrogens with zero attached hydrogens (tertiary/aromatic N) is 8. The predicted octanol–water partition coefficient (Wildman–Crippen LogP) is 4.77. The monoisotopic (exact) mass is 573 g/mol. The van der Waals surface area contributed by atoms with Gasteiger partial charge in [0.15, 0.2) is 5.82 Å². The normalized spacial score (nSPS) is 15.6. The van der Waals surface area contributed by atoms with E-state index in [0.717, 1.165) is 16.8 Å². The third-order valence-electron chi connectivity index (χ3n) is 7.06. The molecule has 210 valence electrons. The van der Waals surface area contributed by atoms with Crippen LogP contribution in [0.2, 0.25) is 5.02 Å². The summed E-state index contributed by atoms with van der Waals surface area (Å²) < 4.78 is 5.26. The fourth-order valence-electron chi connectivity index (χ4n) is 4.90. The summed E-state index contributed by atoms with van der Waals surface area (Å²) in [7, 11) is 1.56. The lowest BCUT2D eigenvalue weighted by atomic mass is 10.1. The van der Waals surface area contributed by atoms with Gasteiger partial charge in [0, 0.05) is 37.9 Å². The minimum Gasteiger partial charge on any atom is -0.495 e. The van der Waals surface area contributed by atoms with Crippen molar-refractivity contribution in [3.8, 4) is 5.75 Å². The van der Waals surface area contributed by atoms with E-state index in [-0.39, 0.29) is 18.5 Å². The number of urea groups is 1. The Morgan fingerprint density at radius 1 is 0.976 bits per heavy atom. The SMILES string of the molecule is COc1ccc(N2C(=O)N(c3c(C)cccc3Cl)Cc3cnc(Nc4ccc(N5CCN(O)CC5)cn4)nc32)nc1. The molecule has 2 aliphatic heterocycles. The number of fused-ring (bicyclic) bond motifs is 1. The maximum Gasteiger partial charge on any atom is 0.336 e. The largest absolute Gasteiger partial charge is 0.495 e. The van der Waals surface area contributed by atoms with Crippen molar-refractivity contribution in [3.05, 3.63) is 77.2 Å². The predicted molar refractivity (Wildman–Crippen MR) is 156 cm³/mol. The highest BCUT2D eigenvalue weighted by Gasteiger charge is 2.36. The van der Waals surface area contributed by atoms with Crippen LogP contribution in [0.5, 0.6) is 5.75 Å². The molecule has 12 nitrogen and oxygen atoms in total. The van der Waals surface area contributed by atoms with E-state index in [1.807, 2.05) is 31.2 Å². The van der Waals surface area contributed by atoms with Gasteiger partial charge in [-0.2, -0.15) is 10.0 Å². The van der Waals surface area contributed by atoms with Gasteiger partial charge in [-0.15, -0.1) is 0 Å². The van der Waals surface area contributed by atoms with E-state index in [1.165, 1.54) is 9.96 Å². The molecule has 0 spiro atoms. The van der Waals surface area contributed by atoms with Crippen molar-refractivity contribution >= 4 is 52.4 Å². The van der Waals surface area contributed by atoms with Crippen LogP contribution in [0.4, 0.5) is 39.6 Å². The van der Waals surface area contributed by atoms with Crippen LogP contribution >= 0.6 is 11.6 Å². The molecule has 1 saturated heterocycles. The Labute approximate surface area is 241 Å². The molecule has 6 rings (SSSR count). The summed E-state index contributed by atoms with van der Waals surface area (Å²) in [6, 6.07) is 12.4. The van der Waals surface area contributed by atoms with Gasteiger partial charge >= 0.3 is 6.03 Å². The number of methoxy groups -OCH3 is 1. The lowest BCUT2D eigenvalue weighted by molar-refractivity contribution is -0.0935. The van der Waals surface area contributed by atoms with E-state index >= 15 is 0 Å². The zero-order chi connectivity index (χ0) is 28.5. The first kappa shape index (κ1) is 26.7. The van der Waals surface area contributed by atoms with E-state index in [9.17, 15) is 10.0 Å². The average Bonchev–Trinajstić information content (AvgIpc) is 2.98. The smallest absolute Gasteiger partial charge is 0.336 e. The highest BCUT2D eigenvalue weighted by atomic mass is 35.5. The number of aromatic nitrogens is 4. The van der Waals surface area contributed by atoms with E-state index in [4.69, 9.17) is 21.3 Å². The standard InChI is InChI=1S/C28H28ClN9O3/c1-18-4-3-5-22(29)25(18)37-17-19-14-32-27(33-23-8-6-20(15-30-23)35-10-12-36(40)13-11-35)34-26(19)38(28(37)39)24-9-7-21(41-2)16-31-24/h3-9,14-16,40H,10-13,17H2,1-2H3,(H,30,32,33,34). The first-order chi connectivity index (χ1) is 19.9. The molecule has 2 aliphatic rings. The van der Waals surface area contributed by atoms with Crippen LogP contribution in [-0.2, 0) is 6.54 Å². The van der Waals surface area contributed by atoms with Gasteiger partial charge in [0.05, 0.1) is 42.4 Å². The number of hydroxylamine groups is 2. The molecule has 2 amide bonds. The fraction of sp³-hybridized carbons (Fsp3) is 0.250. The summed E-state index contributed by atoms with van der Waals surface area (Å²) in [5.41, 5.74) is 3.17. The Bertz CT molecular complexity index is 1540. The fourth-order valence-corrected chi connectivity index (χ4v) is 5.22. The van der Waals surface area contributed by atoms with Crippen molar-refractivity contribution in [1.29, 1.82) is 0 Å². The summed E-state index contributed by atoms with van der Waals surface area (Å²) in [5, 5.41) is 14.5. The van der Waals surface area contributed by atoms with Crippen molar-refractivity contribution in [2.24, 2.45) is 0 Å². The van der Waals surface area contributed by atoms with E-state index in [2.05, 4.69) is 25.2 Å². The third-order valence-corrected chi connectivity index (χ3v) is 7.36. The molecule has 0 unspecified atom stereocenters. The maximum atomic E-state index is 14.0. The quantitative estimate of drug-likeness (QED) is 0.333. The van der Waals surface area contributed by atoms with Gasteiger partial charge < -0.3 is 20.2 Å². The number of para-hydroxylation sites is 1. The van der Waals surface area contributed by atoms with E-state index in [0.29, 0.717) is 60.1 Å². The molecule has 1 fully saturated rings. The highest BCUT2D eigenvalue weighted by Crippen LogP contribution is 2.39. The molecule has 1 aromatic carbocycles. The topological polar surface area (TPSA) is 123 Å². The summed E-state index contributed by atoms with van der Waals surface area (Å²) in [4.78, 5) is 37.5. The zero-order valence-electron chi connectivity index (χ0n) is 22.5. The number of benzene rings is 1. The molecule has 0 radical (unpaired) electrons. The Morgan fingerprint density at radius 3 is 2.49 bits per heavy atom. The second-order valence-corrected chi connectivity index (χ2v) is 10.1. The lowest BCUT2D eigenvalue weighted by Crippen LogP contribution is -2.46. The number of amides is 2. The number of carbonyl (C=O) groups excluding carboxylic acids is 1. The van der Waals surface area contributed by atoms with Crippen LogP contribution in [0.1, 0.15) is 11.1 Å². The van der Waals surface area contributed by atoms with Crippen LogP contribution in [-0.4, -0.2) is 69.5 Å². The molecule has 0 saturated carbocycles. The lowest BCUT2D eigenvalue weighted by Gasteiger charge is -2.36. The maximum absolute atomic E-state index is 14.0. The zero-order valence-corrected chi connectivity index (χ0v) is 23.3. The molecule has 13 heteroatoms. The molecular weight excluding hydrogens is 546 g/mol. The average molecular weight is 574 g/mol. The Balaban J connectivity index is 1.32. The van der Waals surface area contributed by atoms with Gasteiger partial charge in [-0.25, -0.2) is 24.6 Å². The van der Waals surface area contributed by atoms with Crippen LogP contribution in [0.3, 0.4) is 0 Å². The Morgan fingerprint density at radius 2 is 1.80 bits per heavy atom. The second kappa shape index (κ2) is 11.2. The number of nitrogens with one attached hydrogen (secondary N) is 1. The molecule has 3 aromatic heterocycles. The highest BCUT2D eigenvalue weighted by molar-refractivity contribution is 6.34. The minimum absolute atomic E-state index is 0.236. The molecule has 5 heterocycles. The number of rotatable bonds is 6. The summed E-state index contributed by atoms with van der Waals surface area (Å²) in [6.45, 7) is 4.73. The number of halogens is 1. The number of ether oxygens (including phenoxy) is 1. The molecule has 0 bridgehead atoms. The molecule has 2 N–H and O–H groups in total. The molecule has 4 aromatic rings. The molecule has 41 heavy (non-hydrogen) atoms. The van der Waals surface area contributed by atoms with Gasteiger partial charge in [0.25, 0.3) is 0 Å². The van der Waals surface area contributed by atoms with Gasteiger partial charge in [-0.1, -0.05) is 23.7 Å². The molecule has 0 aliphatic carbocycles. The number of hydrogen-bond acceptors (Lipinski definition) is 10. The third kappa shape index (κ3) is 5.32. The summed E-state index contributed by atoms with van der Waals surface area (Å²) in [6.07, 6.45) is 5.01. The van der Waals surface area contributed by atoms with Gasteiger partial charge in [0.1, 0.15) is 17.4 Å². The van der Waals surface area contributed by atoms with Crippen LogP contribution in [0.15, 0.2) is 61.1 Å². The van der Waals surface area contributed by atoms with Gasteiger partial charge in [-0.05, 0) is 42.8 Å². The van der Waals surface area contributed by atoms with Crippen LogP contribution < -0.4 is 24.8 Å². The first-order valence-corrected chi connectivity index (χ1v) is 13.4. The Kier molecular flexibility index (Phi) is 7.26. The van der Waals surface area contributed by atoms with Crippen molar-refractivity contribution < 1.29 is 14.7 Å². The Hall–Kier alpha value is -4.52. The number of carbonyl (C=O) groups is 1. The summed E-state index contributed by atoms with van der Waals surface area (Å²) >= 11 is 6.56. The number of aryl methyl sites for hydroxylation is 1. The molecule has 0 atom stereocenters. The number of piperazine rings is 1. The van der Waals surface area contributed by atoms with Crippen molar-refractivity contribution in [2.75, 3.05) is 53.3 Å². The second-order valence-electron chi connectivity index (χ2n) is 9.68. The van der Waals surface area contributed by atoms with E-state index < -0.39 is 0 Å². The van der Waals surface area contributed by atoms with E-state index in [1.54, 1.807) is 48.8 Å². The number of pyridine rings is 2. The van der Waals surface area contributed by atoms with Crippen molar-refractivity contribution in [3.63, 3.8) is 0 Å².